The van der Waals surface area contributed by atoms with Crippen molar-refractivity contribution in [1.82, 2.24) is 0 Å². The molecule has 2 rings (SSSR count). The van der Waals surface area contributed by atoms with E-state index in [0.29, 0.717) is 8.66 Å². The number of benzene rings is 1. The first-order valence-corrected chi connectivity index (χ1v) is 8.57. The van der Waals surface area contributed by atoms with E-state index in [4.69, 9.17) is 0 Å². The SMILES string of the molecule is Cc1sc(Br)cc1S(=O)(=O)Nc1c(O)cccc1[N+](=O)[O-]. The second kappa shape index (κ2) is 5.62. The molecule has 0 aliphatic carbocycles. The molecule has 0 spiro atoms. The number of hydrogen-bond acceptors (Lipinski definition) is 6. The summed E-state index contributed by atoms with van der Waals surface area (Å²) in [5, 5.41) is 20.6. The van der Waals surface area contributed by atoms with Gasteiger partial charge in [0, 0.05) is 10.9 Å². The van der Waals surface area contributed by atoms with E-state index < -0.39 is 32.1 Å². The van der Waals surface area contributed by atoms with E-state index >= 15 is 0 Å². The number of nitro benzene ring substituents is 1. The Morgan fingerprint density at radius 3 is 2.62 bits per heavy atom. The first-order valence-electron chi connectivity index (χ1n) is 5.47. The second-order valence-electron chi connectivity index (χ2n) is 4.00. The summed E-state index contributed by atoms with van der Waals surface area (Å²) in [4.78, 5) is 10.7. The fraction of sp³-hybridized carbons (Fsp3) is 0.0909. The number of sulfonamides is 1. The van der Waals surface area contributed by atoms with Gasteiger partial charge in [0.05, 0.1) is 8.71 Å². The normalized spacial score (nSPS) is 11.3. The molecule has 7 nitrogen and oxygen atoms in total. The summed E-state index contributed by atoms with van der Waals surface area (Å²) in [7, 11) is -4.04. The Labute approximate surface area is 132 Å². The van der Waals surface area contributed by atoms with Gasteiger partial charge in [-0.2, -0.15) is 0 Å². The smallest absolute Gasteiger partial charge is 0.297 e. The van der Waals surface area contributed by atoms with Gasteiger partial charge in [0.1, 0.15) is 10.6 Å². The molecular formula is C11H9BrN2O5S2. The van der Waals surface area contributed by atoms with Gasteiger partial charge in [-0.05, 0) is 35.0 Å². The van der Waals surface area contributed by atoms with Crippen LogP contribution in [0.25, 0.3) is 0 Å². The van der Waals surface area contributed by atoms with Gasteiger partial charge in [-0.1, -0.05) is 6.07 Å². The van der Waals surface area contributed by atoms with Crippen molar-refractivity contribution >= 4 is 48.7 Å². The first-order chi connectivity index (χ1) is 9.72. The molecule has 0 bridgehead atoms. The molecule has 0 unspecified atom stereocenters. The molecule has 10 heteroatoms. The molecular weight excluding hydrogens is 384 g/mol. The number of aromatic hydroxyl groups is 1. The lowest BCUT2D eigenvalue weighted by molar-refractivity contribution is -0.383. The summed E-state index contributed by atoms with van der Waals surface area (Å²) in [6.07, 6.45) is 0. The number of para-hydroxylation sites is 1. The summed E-state index contributed by atoms with van der Waals surface area (Å²) < 4.78 is 27.3. The van der Waals surface area contributed by atoms with Crippen LogP contribution in [0, 0.1) is 17.0 Å². The molecule has 0 aliphatic heterocycles. The van der Waals surface area contributed by atoms with Crippen LogP contribution in [-0.2, 0) is 10.0 Å². The molecule has 1 aromatic carbocycles. The highest BCUT2D eigenvalue weighted by Crippen LogP contribution is 2.36. The van der Waals surface area contributed by atoms with Crippen LogP contribution in [0.2, 0.25) is 0 Å². The Bertz CT molecular complexity index is 816. The third-order valence-electron chi connectivity index (χ3n) is 2.59. The molecule has 2 aromatic rings. The van der Waals surface area contributed by atoms with Gasteiger partial charge < -0.3 is 5.11 Å². The van der Waals surface area contributed by atoms with Crippen molar-refractivity contribution in [3.05, 3.63) is 43.0 Å². The number of hydrogen-bond donors (Lipinski definition) is 2. The Balaban J connectivity index is 2.52. The molecule has 0 saturated carbocycles. The minimum atomic E-state index is -4.04. The zero-order chi connectivity index (χ0) is 15.8. The topological polar surface area (TPSA) is 110 Å². The van der Waals surface area contributed by atoms with E-state index in [-0.39, 0.29) is 4.90 Å². The van der Waals surface area contributed by atoms with Crippen molar-refractivity contribution in [2.24, 2.45) is 0 Å². The van der Waals surface area contributed by atoms with E-state index in [0.717, 1.165) is 6.07 Å². The predicted molar refractivity (Wildman–Crippen MR) is 82.3 cm³/mol. The molecule has 112 valence electrons. The zero-order valence-electron chi connectivity index (χ0n) is 10.5. The number of nitro groups is 1. The molecule has 1 heterocycles. The van der Waals surface area contributed by atoms with E-state index in [2.05, 4.69) is 20.7 Å². The van der Waals surface area contributed by atoms with Gasteiger partial charge in [-0.25, -0.2) is 8.42 Å². The monoisotopic (exact) mass is 392 g/mol. The zero-order valence-corrected chi connectivity index (χ0v) is 13.8. The van der Waals surface area contributed by atoms with Crippen molar-refractivity contribution < 1.29 is 18.4 Å². The Hall–Kier alpha value is -1.65. The van der Waals surface area contributed by atoms with E-state index in [1.54, 1.807) is 6.92 Å². The molecule has 0 atom stereocenters. The van der Waals surface area contributed by atoms with Crippen LogP contribution < -0.4 is 4.72 Å². The first kappa shape index (κ1) is 15.7. The summed E-state index contributed by atoms with van der Waals surface area (Å²) >= 11 is 4.40. The molecule has 0 amide bonds. The van der Waals surface area contributed by atoms with Crippen LogP contribution in [0.4, 0.5) is 11.4 Å². The minimum Gasteiger partial charge on any atom is -0.505 e. The number of phenolic OH excluding ortho intramolecular Hbond substituents is 1. The lowest BCUT2D eigenvalue weighted by atomic mass is 10.2. The number of aryl methyl sites for hydroxylation is 1. The second-order valence-corrected chi connectivity index (χ2v) is 8.29. The van der Waals surface area contributed by atoms with Crippen LogP contribution in [0.1, 0.15) is 4.88 Å². The average Bonchev–Trinajstić information content (AvgIpc) is 2.71. The highest BCUT2D eigenvalue weighted by atomic mass is 79.9. The molecule has 1 aromatic heterocycles. The van der Waals surface area contributed by atoms with Crippen molar-refractivity contribution in [1.29, 1.82) is 0 Å². The fourth-order valence-corrected chi connectivity index (χ4v) is 5.18. The molecule has 21 heavy (non-hydrogen) atoms. The molecule has 2 N–H and O–H groups in total. The van der Waals surface area contributed by atoms with Gasteiger partial charge in [-0.3, -0.25) is 14.8 Å². The maximum Gasteiger partial charge on any atom is 0.297 e. The summed E-state index contributed by atoms with van der Waals surface area (Å²) in [6, 6.07) is 4.93. The quantitative estimate of drug-likeness (QED) is 0.471. The van der Waals surface area contributed by atoms with E-state index in [1.807, 2.05) is 0 Å². The fourth-order valence-electron chi connectivity index (χ4n) is 1.67. The van der Waals surface area contributed by atoms with Gasteiger partial charge in [0.2, 0.25) is 0 Å². The van der Waals surface area contributed by atoms with Gasteiger partial charge in [0.15, 0.2) is 5.69 Å². The Morgan fingerprint density at radius 2 is 2.10 bits per heavy atom. The largest absolute Gasteiger partial charge is 0.505 e. The van der Waals surface area contributed by atoms with Crippen molar-refractivity contribution in [2.45, 2.75) is 11.8 Å². The molecule has 0 fully saturated rings. The maximum atomic E-state index is 12.3. The summed E-state index contributed by atoms with van der Waals surface area (Å²) in [6.45, 7) is 1.61. The average molecular weight is 393 g/mol. The van der Waals surface area contributed by atoms with Crippen LogP contribution in [0.15, 0.2) is 32.9 Å². The number of anilines is 1. The summed E-state index contributed by atoms with van der Waals surface area (Å²) in [5.74, 6) is -0.514. The highest BCUT2D eigenvalue weighted by Gasteiger charge is 2.26. The Kier molecular flexibility index (Phi) is 4.21. The standard InChI is InChI=1S/C11H9BrN2O5S2/c1-6-9(5-10(12)20-6)21(18,19)13-11-7(14(16)17)3-2-4-8(11)15/h2-5,13,15H,1H3. The van der Waals surface area contributed by atoms with Crippen LogP contribution in [0.3, 0.4) is 0 Å². The third-order valence-corrected chi connectivity index (χ3v) is 5.74. The molecule has 0 saturated heterocycles. The number of thiophene rings is 1. The van der Waals surface area contributed by atoms with Crippen molar-refractivity contribution in [2.75, 3.05) is 4.72 Å². The molecule has 0 radical (unpaired) electrons. The number of rotatable bonds is 4. The van der Waals surface area contributed by atoms with Crippen molar-refractivity contribution in [3.8, 4) is 5.75 Å². The Morgan fingerprint density at radius 1 is 1.43 bits per heavy atom. The predicted octanol–water partition coefficient (Wildman–Crippen LogP) is 3.23. The van der Waals surface area contributed by atoms with Crippen LogP contribution >= 0.6 is 27.3 Å². The number of halogens is 1. The van der Waals surface area contributed by atoms with Crippen LogP contribution in [-0.4, -0.2) is 18.4 Å². The lowest BCUT2D eigenvalue weighted by Crippen LogP contribution is -2.14. The third kappa shape index (κ3) is 3.17. The van der Waals surface area contributed by atoms with Gasteiger partial charge in [0.25, 0.3) is 15.7 Å². The van der Waals surface area contributed by atoms with Crippen LogP contribution in [0.5, 0.6) is 5.75 Å². The number of nitrogens with one attached hydrogen (secondary N) is 1. The lowest BCUT2D eigenvalue weighted by Gasteiger charge is -2.09. The minimum absolute atomic E-state index is 0.00285. The van der Waals surface area contributed by atoms with Gasteiger partial charge in [-0.15, -0.1) is 11.3 Å². The summed E-state index contributed by atoms with van der Waals surface area (Å²) in [5.41, 5.74) is -0.977. The number of nitrogens with zero attached hydrogens (tertiary/aromatic N) is 1. The highest BCUT2D eigenvalue weighted by molar-refractivity contribution is 9.11. The van der Waals surface area contributed by atoms with Crippen molar-refractivity contribution in [3.63, 3.8) is 0 Å². The van der Waals surface area contributed by atoms with E-state index in [9.17, 15) is 23.6 Å². The van der Waals surface area contributed by atoms with E-state index in [1.165, 1.54) is 29.5 Å². The maximum absolute atomic E-state index is 12.3. The molecule has 0 aliphatic rings. The number of phenols is 1. The van der Waals surface area contributed by atoms with Gasteiger partial charge >= 0.3 is 0 Å².